The maximum atomic E-state index is 12.5. The standard InChI is InChI=1S/C30H31NO6S/c1-30(2,3)37-27(32)17-20(19-38-21-11-5-4-6-12-21)31-28(33)36-29(34)35-18-26-24-15-9-7-13-22(24)23-14-8-10-16-25(23)26/h4-16,20,26H,17-19H2,1-3H3,(H,31,33)/t20-/m1/s1. The van der Waals surface area contributed by atoms with Crippen LogP contribution in [0.3, 0.4) is 0 Å². The summed E-state index contributed by atoms with van der Waals surface area (Å²) in [5.74, 6) is -0.235. The number of hydrogen-bond acceptors (Lipinski definition) is 7. The lowest BCUT2D eigenvalue weighted by atomic mass is 9.98. The fourth-order valence-corrected chi connectivity index (χ4v) is 5.29. The highest BCUT2D eigenvalue weighted by Crippen LogP contribution is 2.44. The van der Waals surface area contributed by atoms with Gasteiger partial charge in [0.15, 0.2) is 0 Å². The summed E-state index contributed by atoms with van der Waals surface area (Å²) in [5.41, 5.74) is 3.66. The van der Waals surface area contributed by atoms with E-state index in [0.29, 0.717) is 5.75 Å². The lowest BCUT2D eigenvalue weighted by molar-refractivity contribution is -0.155. The van der Waals surface area contributed by atoms with E-state index in [4.69, 9.17) is 14.2 Å². The molecule has 1 atom stereocenters. The van der Waals surface area contributed by atoms with Crippen molar-refractivity contribution >= 4 is 30.0 Å². The van der Waals surface area contributed by atoms with Crippen molar-refractivity contribution in [3.8, 4) is 11.1 Å². The van der Waals surface area contributed by atoms with E-state index < -0.39 is 29.9 Å². The van der Waals surface area contributed by atoms with Crippen molar-refractivity contribution in [3.05, 3.63) is 90.0 Å². The largest absolute Gasteiger partial charge is 0.517 e. The zero-order valence-electron chi connectivity index (χ0n) is 21.6. The third kappa shape index (κ3) is 7.38. The Balaban J connectivity index is 1.34. The fraction of sp³-hybridized carbons (Fsp3) is 0.300. The van der Waals surface area contributed by atoms with Crippen LogP contribution in [0, 0.1) is 0 Å². The van der Waals surface area contributed by atoms with E-state index in [1.807, 2.05) is 78.9 Å². The molecule has 1 amide bonds. The van der Waals surface area contributed by atoms with Crippen LogP contribution in [0.15, 0.2) is 83.8 Å². The molecule has 0 spiro atoms. The molecule has 0 saturated heterocycles. The van der Waals surface area contributed by atoms with Crippen molar-refractivity contribution in [2.24, 2.45) is 0 Å². The van der Waals surface area contributed by atoms with Crippen LogP contribution in [0.1, 0.15) is 44.2 Å². The number of alkyl carbamates (subject to hydrolysis) is 1. The van der Waals surface area contributed by atoms with E-state index in [-0.39, 0.29) is 18.9 Å². The molecule has 0 saturated carbocycles. The lowest BCUT2D eigenvalue weighted by Gasteiger charge is -2.22. The first kappa shape index (κ1) is 27.3. The summed E-state index contributed by atoms with van der Waals surface area (Å²) in [4.78, 5) is 38.3. The Bertz CT molecular complexity index is 1240. The Hall–Kier alpha value is -3.78. The van der Waals surface area contributed by atoms with E-state index in [1.54, 1.807) is 20.8 Å². The number of nitrogens with one attached hydrogen (secondary N) is 1. The minimum Gasteiger partial charge on any atom is -0.460 e. The first-order chi connectivity index (χ1) is 18.2. The van der Waals surface area contributed by atoms with Crippen LogP contribution in [0.25, 0.3) is 11.1 Å². The van der Waals surface area contributed by atoms with Crippen LogP contribution in [0.4, 0.5) is 9.59 Å². The number of benzene rings is 3. The lowest BCUT2D eigenvalue weighted by Crippen LogP contribution is -2.40. The van der Waals surface area contributed by atoms with Gasteiger partial charge in [0.05, 0.1) is 12.5 Å². The first-order valence-electron chi connectivity index (χ1n) is 12.4. The molecule has 3 aromatic rings. The quantitative estimate of drug-likeness (QED) is 0.199. The summed E-state index contributed by atoms with van der Waals surface area (Å²) in [5, 5.41) is 2.61. The van der Waals surface area contributed by atoms with Crippen molar-refractivity contribution in [1.29, 1.82) is 0 Å². The average molecular weight is 534 g/mol. The number of fused-ring (bicyclic) bond motifs is 3. The molecule has 3 aromatic carbocycles. The van der Waals surface area contributed by atoms with E-state index in [0.717, 1.165) is 27.1 Å². The first-order valence-corrected chi connectivity index (χ1v) is 13.4. The number of rotatable bonds is 8. The molecule has 1 aliphatic rings. The van der Waals surface area contributed by atoms with Gasteiger partial charge in [0.2, 0.25) is 0 Å². The van der Waals surface area contributed by atoms with E-state index >= 15 is 0 Å². The topological polar surface area (TPSA) is 90.9 Å². The molecule has 0 fully saturated rings. The summed E-state index contributed by atoms with van der Waals surface area (Å²) in [6.45, 7) is 5.36. The SMILES string of the molecule is CC(C)(C)OC(=O)C[C@H](CSc1ccccc1)NC(=O)OC(=O)OCC1c2ccccc2-c2ccccc21. The summed E-state index contributed by atoms with van der Waals surface area (Å²) in [6, 6.07) is 24.9. The predicted molar refractivity (Wildman–Crippen MR) is 146 cm³/mol. The Morgan fingerprint density at radius 2 is 1.45 bits per heavy atom. The highest BCUT2D eigenvalue weighted by Gasteiger charge is 2.30. The van der Waals surface area contributed by atoms with Crippen molar-refractivity contribution in [3.63, 3.8) is 0 Å². The maximum absolute atomic E-state index is 12.5. The Kier molecular flexibility index (Phi) is 8.73. The molecule has 7 nitrogen and oxygen atoms in total. The second-order valence-corrected chi connectivity index (χ2v) is 11.0. The van der Waals surface area contributed by atoms with Gasteiger partial charge in [-0.15, -0.1) is 11.8 Å². The van der Waals surface area contributed by atoms with Crippen LogP contribution in [-0.4, -0.2) is 42.2 Å². The maximum Gasteiger partial charge on any atom is 0.517 e. The molecule has 0 aliphatic heterocycles. The van der Waals surface area contributed by atoms with Gasteiger partial charge < -0.3 is 19.5 Å². The highest BCUT2D eigenvalue weighted by molar-refractivity contribution is 7.99. The molecule has 0 unspecified atom stereocenters. The van der Waals surface area contributed by atoms with Crippen LogP contribution in [0.5, 0.6) is 0 Å². The van der Waals surface area contributed by atoms with Crippen LogP contribution >= 0.6 is 11.8 Å². The number of ether oxygens (including phenoxy) is 3. The normalized spacial score (nSPS) is 13.1. The average Bonchev–Trinajstić information content (AvgIpc) is 3.19. The summed E-state index contributed by atoms with van der Waals surface area (Å²) >= 11 is 1.47. The van der Waals surface area contributed by atoms with Gasteiger partial charge in [0, 0.05) is 16.6 Å². The second-order valence-electron chi connectivity index (χ2n) is 9.93. The van der Waals surface area contributed by atoms with Crippen LogP contribution < -0.4 is 5.32 Å². The van der Waals surface area contributed by atoms with Gasteiger partial charge in [-0.2, -0.15) is 0 Å². The van der Waals surface area contributed by atoms with Crippen molar-refractivity contribution in [1.82, 2.24) is 5.32 Å². The molecule has 4 rings (SSSR count). The molecule has 198 valence electrons. The smallest absolute Gasteiger partial charge is 0.460 e. The van der Waals surface area contributed by atoms with Crippen LogP contribution in [-0.2, 0) is 19.0 Å². The number of carbonyl (C=O) groups excluding carboxylic acids is 3. The zero-order valence-corrected chi connectivity index (χ0v) is 22.5. The Morgan fingerprint density at radius 1 is 0.868 bits per heavy atom. The third-order valence-electron chi connectivity index (χ3n) is 5.86. The minimum absolute atomic E-state index is 0.0331. The van der Waals surface area contributed by atoms with Gasteiger partial charge in [-0.1, -0.05) is 66.7 Å². The van der Waals surface area contributed by atoms with Gasteiger partial charge in [0.25, 0.3) is 0 Å². The monoisotopic (exact) mass is 533 g/mol. The molecule has 38 heavy (non-hydrogen) atoms. The molecular formula is C30H31NO6S. The predicted octanol–water partition coefficient (Wildman–Crippen LogP) is 6.55. The molecule has 1 N–H and O–H groups in total. The van der Waals surface area contributed by atoms with Gasteiger partial charge in [-0.25, -0.2) is 9.59 Å². The molecule has 8 heteroatoms. The number of amides is 1. The van der Waals surface area contributed by atoms with Crippen molar-refractivity contribution < 1.29 is 28.6 Å². The summed E-state index contributed by atoms with van der Waals surface area (Å²) < 4.78 is 15.6. The molecule has 0 bridgehead atoms. The molecule has 1 aliphatic carbocycles. The summed E-state index contributed by atoms with van der Waals surface area (Å²) in [6.07, 6.45) is -2.16. The van der Waals surface area contributed by atoms with E-state index in [9.17, 15) is 14.4 Å². The van der Waals surface area contributed by atoms with Crippen molar-refractivity contribution in [2.45, 2.75) is 49.6 Å². The van der Waals surface area contributed by atoms with Gasteiger partial charge >= 0.3 is 18.2 Å². The minimum atomic E-state index is -1.10. The van der Waals surface area contributed by atoms with E-state index in [2.05, 4.69) is 5.32 Å². The summed E-state index contributed by atoms with van der Waals surface area (Å²) in [7, 11) is 0. The Labute approximate surface area is 226 Å². The third-order valence-corrected chi connectivity index (χ3v) is 7.03. The molecule has 0 radical (unpaired) electrons. The zero-order chi connectivity index (χ0) is 27.1. The number of carbonyl (C=O) groups is 3. The van der Waals surface area contributed by atoms with Gasteiger partial charge in [0.1, 0.15) is 12.2 Å². The van der Waals surface area contributed by atoms with Gasteiger partial charge in [-0.05, 0) is 55.2 Å². The number of esters is 1. The molecular weight excluding hydrogens is 502 g/mol. The highest BCUT2D eigenvalue weighted by atomic mass is 32.2. The van der Waals surface area contributed by atoms with Crippen LogP contribution in [0.2, 0.25) is 0 Å². The second kappa shape index (κ2) is 12.2. The number of hydrogen-bond donors (Lipinski definition) is 1. The molecule has 0 heterocycles. The fourth-order valence-electron chi connectivity index (χ4n) is 4.34. The van der Waals surface area contributed by atoms with E-state index in [1.165, 1.54) is 11.8 Å². The van der Waals surface area contributed by atoms with Crippen molar-refractivity contribution in [2.75, 3.05) is 12.4 Å². The molecule has 0 aromatic heterocycles. The van der Waals surface area contributed by atoms with Gasteiger partial charge in [-0.3, -0.25) is 4.79 Å². The number of thioether (sulfide) groups is 1. The Morgan fingerprint density at radius 3 is 2.05 bits per heavy atom.